The van der Waals surface area contributed by atoms with Crippen molar-refractivity contribution < 1.29 is 13.5 Å². The Balaban J connectivity index is 2.07. The van der Waals surface area contributed by atoms with E-state index >= 15 is 0 Å². The van der Waals surface area contributed by atoms with Crippen LogP contribution < -0.4 is 4.72 Å². The van der Waals surface area contributed by atoms with Gasteiger partial charge in [-0.25, -0.2) is 18.1 Å². The molecule has 0 saturated heterocycles. The van der Waals surface area contributed by atoms with Gasteiger partial charge in [0.25, 0.3) is 0 Å². The van der Waals surface area contributed by atoms with E-state index in [4.69, 9.17) is 0 Å². The number of hydrogen-bond donors (Lipinski definition) is 3. The van der Waals surface area contributed by atoms with E-state index < -0.39 is 10.0 Å². The molecule has 0 saturated carbocycles. The molecule has 0 fully saturated rings. The van der Waals surface area contributed by atoms with Crippen LogP contribution in [0.25, 0.3) is 0 Å². The highest BCUT2D eigenvalue weighted by Gasteiger charge is 2.22. The molecule has 0 aromatic carbocycles. The first kappa shape index (κ1) is 14.2. The smallest absolute Gasteiger partial charge is 0.242 e. The molecule has 0 atom stereocenters. The summed E-state index contributed by atoms with van der Waals surface area (Å²) in [4.78, 5) is 7.58. The Morgan fingerprint density at radius 3 is 2.95 bits per heavy atom. The van der Waals surface area contributed by atoms with Gasteiger partial charge in [0.2, 0.25) is 10.0 Å². The third kappa shape index (κ3) is 3.21. The van der Waals surface area contributed by atoms with Crippen molar-refractivity contribution in [3.05, 3.63) is 34.0 Å². The predicted molar refractivity (Wildman–Crippen MR) is 72.5 cm³/mol. The van der Waals surface area contributed by atoms with E-state index in [0.29, 0.717) is 16.9 Å². The topological polar surface area (TPSA) is 95.1 Å². The third-order valence-electron chi connectivity index (χ3n) is 2.61. The number of nitrogens with one attached hydrogen (secondary N) is 2. The van der Waals surface area contributed by atoms with Crippen molar-refractivity contribution in [2.75, 3.05) is 6.54 Å². The average molecular weight is 301 g/mol. The minimum absolute atomic E-state index is 0.194. The quantitative estimate of drug-likeness (QED) is 0.735. The maximum absolute atomic E-state index is 12.2. The summed E-state index contributed by atoms with van der Waals surface area (Å²) in [5.41, 5.74) is 0.652. The fourth-order valence-corrected chi connectivity index (χ4v) is 4.46. The highest BCUT2D eigenvalue weighted by Crippen LogP contribution is 2.26. The number of aliphatic hydroxyl groups is 1. The van der Waals surface area contributed by atoms with E-state index in [9.17, 15) is 13.5 Å². The van der Waals surface area contributed by atoms with E-state index in [0.717, 1.165) is 5.82 Å². The molecule has 2 heterocycles. The Bertz CT molecular complexity index is 632. The summed E-state index contributed by atoms with van der Waals surface area (Å²) in [5, 5.41) is 10.9. The molecule has 0 amide bonds. The van der Waals surface area contributed by atoms with Gasteiger partial charge in [-0.05, 0) is 17.9 Å². The number of thiophene rings is 1. The zero-order valence-electron chi connectivity index (χ0n) is 10.4. The molecule has 2 rings (SSSR count). The molecule has 6 nitrogen and oxygen atoms in total. The van der Waals surface area contributed by atoms with Crippen LogP contribution in [-0.2, 0) is 23.1 Å². The van der Waals surface area contributed by atoms with Gasteiger partial charge < -0.3 is 10.1 Å². The van der Waals surface area contributed by atoms with Crippen molar-refractivity contribution in [2.24, 2.45) is 0 Å². The lowest BCUT2D eigenvalue weighted by atomic mass is 10.3. The fourth-order valence-electron chi connectivity index (χ4n) is 1.77. The summed E-state index contributed by atoms with van der Waals surface area (Å²) in [6, 6.07) is 0. The predicted octanol–water partition coefficient (Wildman–Crippen LogP) is 0.793. The standard InChI is InChI=1S/C11H15N3O3S2/c1-8-7-18-9(6-15)11(8)19(16,17)14-3-2-10-12-4-5-13-10/h4-5,7,14-15H,2-3,6H2,1H3,(H,12,13). The van der Waals surface area contributed by atoms with Crippen LogP contribution in [0.2, 0.25) is 0 Å². The molecule has 2 aromatic rings. The molecule has 0 aliphatic rings. The maximum atomic E-state index is 12.2. The van der Waals surface area contributed by atoms with E-state index in [1.807, 2.05) is 0 Å². The SMILES string of the molecule is Cc1csc(CO)c1S(=O)(=O)NCCc1ncc[nH]1. The second-order valence-electron chi connectivity index (χ2n) is 4.01. The lowest BCUT2D eigenvalue weighted by Crippen LogP contribution is -2.27. The summed E-state index contributed by atoms with van der Waals surface area (Å²) in [5.74, 6) is 0.729. The Kier molecular flexibility index (Phi) is 4.35. The minimum atomic E-state index is -3.58. The molecule has 0 spiro atoms. The molecular formula is C11H15N3O3S2. The van der Waals surface area contributed by atoms with E-state index in [-0.39, 0.29) is 18.0 Å². The molecule has 104 valence electrons. The molecule has 2 aromatic heterocycles. The molecule has 3 N–H and O–H groups in total. The second-order valence-corrected chi connectivity index (χ2v) is 6.68. The molecule has 8 heteroatoms. The maximum Gasteiger partial charge on any atom is 0.242 e. The Labute approximate surface area is 115 Å². The second kappa shape index (κ2) is 5.83. The number of hydrogen-bond acceptors (Lipinski definition) is 5. The lowest BCUT2D eigenvalue weighted by molar-refractivity contribution is 0.282. The van der Waals surface area contributed by atoms with Crippen molar-refractivity contribution in [3.8, 4) is 0 Å². The zero-order chi connectivity index (χ0) is 13.9. The average Bonchev–Trinajstić information content (AvgIpc) is 2.98. The lowest BCUT2D eigenvalue weighted by Gasteiger charge is -2.07. The van der Waals surface area contributed by atoms with Gasteiger partial charge in [-0.3, -0.25) is 0 Å². The van der Waals surface area contributed by atoms with Crippen LogP contribution in [0.4, 0.5) is 0 Å². The van der Waals surface area contributed by atoms with E-state index in [2.05, 4.69) is 14.7 Å². The van der Waals surface area contributed by atoms with Crippen molar-refractivity contribution in [3.63, 3.8) is 0 Å². The summed E-state index contributed by atoms with van der Waals surface area (Å²) < 4.78 is 26.9. The number of H-pyrrole nitrogens is 1. The van der Waals surface area contributed by atoms with E-state index in [1.165, 1.54) is 11.3 Å². The van der Waals surface area contributed by atoms with Crippen molar-refractivity contribution in [1.82, 2.24) is 14.7 Å². The summed E-state index contributed by atoms with van der Waals surface area (Å²) in [7, 11) is -3.58. The molecular weight excluding hydrogens is 286 g/mol. The molecule has 0 unspecified atom stereocenters. The van der Waals surface area contributed by atoms with Gasteiger partial charge in [0.05, 0.1) is 11.5 Å². The van der Waals surface area contributed by atoms with Gasteiger partial charge in [-0.15, -0.1) is 11.3 Å². The highest BCUT2D eigenvalue weighted by molar-refractivity contribution is 7.89. The van der Waals surface area contributed by atoms with Gasteiger partial charge in [-0.1, -0.05) is 0 Å². The zero-order valence-corrected chi connectivity index (χ0v) is 12.0. The molecule has 19 heavy (non-hydrogen) atoms. The van der Waals surface area contributed by atoms with Gasteiger partial charge in [-0.2, -0.15) is 0 Å². The largest absolute Gasteiger partial charge is 0.391 e. The first-order valence-electron chi connectivity index (χ1n) is 5.70. The molecule has 0 aliphatic carbocycles. The van der Waals surface area contributed by atoms with Crippen LogP contribution in [0.3, 0.4) is 0 Å². The number of rotatable bonds is 6. The van der Waals surface area contributed by atoms with Crippen molar-refractivity contribution >= 4 is 21.4 Å². The third-order valence-corrected chi connectivity index (χ3v) is 5.52. The molecule has 0 aliphatic heterocycles. The number of aliphatic hydroxyl groups excluding tert-OH is 1. The van der Waals surface area contributed by atoms with Crippen LogP contribution >= 0.6 is 11.3 Å². The Morgan fingerprint density at radius 2 is 2.32 bits per heavy atom. The normalized spacial score (nSPS) is 11.9. The van der Waals surface area contributed by atoms with Gasteiger partial charge in [0, 0.05) is 25.4 Å². The van der Waals surface area contributed by atoms with Crippen LogP contribution in [0, 0.1) is 6.92 Å². The van der Waals surface area contributed by atoms with Crippen molar-refractivity contribution in [1.29, 1.82) is 0 Å². The monoisotopic (exact) mass is 301 g/mol. The number of nitrogens with zero attached hydrogens (tertiary/aromatic N) is 1. The molecule has 0 bridgehead atoms. The van der Waals surface area contributed by atoms with Crippen LogP contribution in [0.15, 0.2) is 22.7 Å². The number of aromatic nitrogens is 2. The Morgan fingerprint density at radius 1 is 1.53 bits per heavy atom. The summed E-state index contributed by atoms with van der Waals surface area (Å²) >= 11 is 1.25. The summed E-state index contributed by atoms with van der Waals surface area (Å²) in [6.07, 6.45) is 3.80. The molecule has 0 radical (unpaired) electrons. The van der Waals surface area contributed by atoms with Gasteiger partial charge >= 0.3 is 0 Å². The number of sulfonamides is 1. The van der Waals surface area contributed by atoms with E-state index in [1.54, 1.807) is 24.7 Å². The first-order chi connectivity index (χ1) is 9.04. The Hall–Kier alpha value is -1.22. The summed E-state index contributed by atoms with van der Waals surface area (Å²) in [6.45, 7) is 1.71. The van der Waals surface area contributed by atoms with Gasteiger partial charge in [0.1, 0.15) is 10.7 Å². The number of aryl methyl sites for hydroxylation is 1. The number of imidazole rings is 1. The van der Waals surface area contributed by atoms with Crippen molar-refractivity contribution in [2.45, 2.75) is 24.8 Å². The van der Waals surface area contributed by atoms with Crippen LogP contribution in [0.5, 0.6) is 0 Å². The first-order valence-corrected chi connectivity index (χ1v) is 8.06. The minimum Gasteiger partial charge on any atom is -0.391 e. The number of aromatic amines is 1. The fraction of sp³-hybridized carbons (Fsp3) is 0.364. The van der Waals surface area contributed by atoms with Crippen LogP contribution in [0.1, 0.15) is 16.3 Å². The van der Waals surface area contributed by atoms with Gasteiger partial charge in [0.15, 0.2) is 0 Å². The highest BCUT2D eigenvalue weighted by atomic mass is 32.2. The van der Waals surface area contributed by atoms with Crippen LogP contribution in [-0.4, -0.2) is 30.0 Å².